The van der Waals surface area contributed by atoms with Gasteiger partial charge >= 0.3 is 0 Å². The van der Waals surface area contributed by atoms with Gasteiger partial charge < -0.3 is 14.8 Å². The number of nitriles is 1. The zero-order chi connectivity index (χ0) is 21.0. The minimum absolute atomic E-state index is 0.288. The number of piperidine rings is 1. The summed E-state index contributed by atoms with van der Waals surface area (Å²) >= 11 is 0. The number of anilines is 3. The van der Waals surface area contributed by atoms with E-state index in [0.717, 1.165) is 18.8 Å². The lowest BCUT2D eigenvalue weighted by molar-refractivity contribution is 0.175. The standard InChI is InChI=1S/C23H26N8/c24-12-18-13-26-22(14-25-18)28-23-16-31(17-27-23)20-6-4-19(5-7-20)30-11-8-21(15-30)29-9-2-1-3-10-29/h4-7,13-14,16-17,21H,1-3,8-11,15H2,(H,26,28). The summed E-state index contributed by atoms with van der Waals surface area (Å²) in [6.07, 6.45) is 12.0. The molecule has 2 aliphatic rings. The van der Waals surface area contributed by atoms with E-state index in [1.54, 1.807) is 6.33 Å². The van der Waals surface area contributed by atoms with Crippen LogP contribution in [-0.4, -0.2) is 56.6 Å². The molecule has 0 radical (unpaired) electrons. The van der Waals surface area contributed by atoms with E-state index in [9.17, 15) is 0 Å². The number of imidazole rings is 1. The molecule has 4 heterocycles. The lowest BCUT2D eigenvalue weighted by Crippen LogP contribution is -2.40. The summed E-state index contributed by atoms with van der Waals surface area (Å²) < 4.78 is 1.98. The Morgan fingerprint density at radius 1 is 0.903 bits per heavy atom. The molecule has 2 aromatic heterocycles. The lowest BCUT2D eigenvalue weighted by Gasteiger charge is -2.32. The molecule has 0 aliphatic carbocycles. The molecule has 0 saturated carbocycles. The Bertz CT molecular complexity index is 1040. The van der Waals surface area contributed by atoms with Crippen molar-refractivity contribution in [1.82, 2.24) is 24.4 Å². The first kappa shape index (κ1) is 19.5. The average molecular weight is 415 g/mol. The number of hydrogen-bond donors (Lipinski definition) is 1. The van der Waals surface area contributed by atoms with E-state index in [1.807, 2.05) is 16.8 Å². The van der Waals surface area contributed by atoms with Crippen molar-refractivity contribution in [3.8, 4) is 11.8 Å². The van der Waals surface area contributed by atoms with Crippen LogP contribution in [0.15, 0.2) is 49.2 Å². The summed E-state index contributed by atoms with van der Waals surface area (Å²) in [5, 5.41) is 11.9. The molecule has 31 heavy (non-hydrogen) atoms. The molecule has 0 bridgehead atoms. The molecule has 8 nitrogen and oxygen atoms in total. The van der Waals surface area contributed by atoms with Gasteiger partial charge in [0, 0.05) is 30.5 Å². The maximum atomic E-state index is 8.82. The first-order valence-electron chi connectivity index (χ1n) is 10.9. The van der Waals surface area contributed by atoms with Crippen LogP contribution in [0.3, 0.4) is 0 Å². The molecular formula is C23H26N8. The second-order valence-corrected chi connectivity index (χ2v) is 8.19. The van der Waals surface area contributed by atoms with Crippen molar-refractivity contribution in [2.75, 3.05) is 36.4 Å². The SMILES string of the molecule is N#Cc1cnc(Nc2cn(-c3ccc(N4CCC(N5CCCCC5)C4)cc3)cn2)cn1. The third-order valence-corrected chi connectivity index (χ3v) is 6.19. The second kappa shape index (κ2) is 8.74. The van der Waals surface area contributed by atoms with Crippen LogP contribution in [0.5, 0.6) is 0 Å². The van der Waals surface area contributed by atoms with Gasteiger partial charge in [0.05, 0.1) is 18.6 Å². The fraction of sp³-hybridized carbons (Fsp3) is 0.391. The fourth-order valence-corrected chi connectivity index (χ4v) is 4.50. The van der Waals surface area contributed by atoms with Gasteiger partial charge in [0.1, 0.15) is 24.0 Å². The van der Waals surface area contributed by atoms with Crippen molar-refractivity contribution < 1.29 is 0 Å². The highest BCUT2D eigenvalue weighted by Gasteiger charge is 2.28. The summed E-state index contributed by atoms with van der Waals surface area (Å²) in [7, 11) is 0. The van der Waals surface area contributed by atoms with E-state index < -0.39 is 0 Å². The predicted octanol–water partition coefficient (Wildman–Crippen LogP) is 3.34. The highest BCUT2D eigenvalue weighted by molar-refractivity contribution is 5.54. The Hall–Kier alpha value is -3.44. The number of nitrogens with one attached hydrogen (secondary N) is 1. The zero-order valence-corrected chi connectivity index (χ0v) is 17.5. The fourth-order valence-electron chi connectivity index (χ4n) is 4.50. The first-order valence-corrected chi connectivity index (χ1v) is 10.9. The normalized spacial score (nSPS) is 19.3. The minimum Gasteiger partial charge on any atom is -0.370 e. The third-order valence-electron chi connectivity index (χ3n) is 6.19. The van der Waals surface area contributed by atoms with Gasteiger partial charge in [-0.3, -0.25) is 4.90 Å². The molecule has 2 fully saturated rings. The highest BCUT2D eigenvalue weighted by atomic mass is 15.3. The molecule has 158 valence electrons. The van der Waals surface area contributed by atoms with E-state index in [-0.39, 0.29) is 5.69 Å². The van der Waals surface area contributed by atoms with Crippen LogP contribution in [0.4, 0.5) is 17.3 Å². The highest BCUT2D eigenvalue weighted by Crippen LogP contribution is 2.26. The number of likely N-dealkylation sites (tertiary alicyclic amines) is 1. The van der Waals surface area contributed by atoms with E-state index in [2.05, 4.69) is 54.3 Å². The maximum Gasteiger partial charge on any atom is 0.158 e. The average Bonchev–Trinajstić information content (AvgIpc) is 3.51. The summed E-state index contributed by atoms with van der Waals surface area (Å²) in [6, 6.07) is 11.3. The Morgan fingerprint density at radius 2 is 1.71 bits per heavy atom. The van der Waals surface area contributed by atoms with E-state index in [4.69, 9.17) is 5.26 Å². The number of nitrogens with zero attached hydrogens (tertiary/aromatic N) is 7. The van der Waals surface area contributed by atoms with Crippen LogP contribution < -0.4 is 10.2 Å². The van der Waals surface area contributed by atoms with Crippen molar-refractivity contribution in [3.05, 3.63) is 54.9 Å². The van der Waals surface area contributed by atoms with Crippen LogP contribution in [0.1, 0.15) is 31.4 Å². The van der Waals surface area contributed by atoms with Gasteiger partial charge in [0.15, 0.2) is 5.69 Å². The number of rotatable bonds is 5. The Morgan fingerprint density at radius 3 is 2.45 bits per heavy atom. The smallest absolute Gasteiger partial charge is 0.158 e. The van der Waals surface area contributed by atoms with Crippen molar-refractivity contribution in [2.24, 2.45) is 0 Å². The second-order valence-electron chi connectivity index (χ2n) is 8.19. The molecule has 1 unspecified atom stereocenters. The van der Waals surface area contributed by atoms with Crippen LogP contribution in [0, 0.1) is 11.3 Å². The van der Waals surface area contributed by atoms with Gasteiger partial charge in [-0.05, 0) is 56.6 Å². The summed E-state index contributed by atoms with van der Waals surface area (Å²) in [4.78, 5) is 17.8. The maximum absolute atomic E-state index is 8.82. The third kappa shape index (κ3) is 4.37. The molecule has 2 saturated heterocycles. The largest absolute Gasteiger partial charge is 0.370 e. The molecule has 1 N–H and O–H groups in total. The topological polar surface area (TPSA) is 85.9 Å². The van der Waals surface area contributed by atoms with Gasteiger partial charge in [-0.25, -0.2) is 15.0 Å². The molecule has 2 aliphatic heterocycles. The molecule has 1 aromatic carbocycles. The number of benzene rings is 1. The van der Waals surface area contributed by atoms with Crippen molar-refractivity contribution in [3.63, 3.8) is 0 Å². The molecule has 8 heteroatoms. The van der Waals surface area contributed by atoms with E-state index in [1.165, 1.54) is 56.9 Å². The van der Waals surface area contributed by atoms with Crippen LogP contribution in [0.2, 0.25) is 0 Å². The summed E-state index contributed by atoms with van der Waals surface area (Å²) in [6.45, 7) is 4.79. The Labute approximate surface area is 182 Å². The Balaban J connectivity index is 1.22. The lowest BCUT2D eigenvalue weighted by atomic mass is 10.1. The van der Waals surface area contributed by atoms with Crippen LogP contribution >= 0.6 is 0 Å². The van der Waals surface area contributed by atoms with Gasteiger partial charge in [0.25, 0.3) is 0 Å². The molecule has 0 amide bonds. The van der Waals surface area contributed by atoms with Gasteiger partial charge in [-0.2, -0.15) is 5.26 Å². The minimum atomic E-state index is 0.288. The summed E-state index contributed by atoms with van der Waals surface area (Å²) in [5.74, 6) is 1.23. The Kier molecular flexibility index (Phi) is 5.50. The van der Waals surface area contributed by atoms with Crippen molar-refractivity contribution >= 4 is 17.3 Å². The number of aromatic nitrogens is 4. The van der Waals surface area contributed by atoms with Crippen molar-refractivity contribution in [2.45, 2.75) is 31.7 Å². The van der Waals surface area contributed by atoms with Crippen LogP contribution in [-0.2, 0) is 0 Å². The van der Waals surface area contributed by atoms with Gasteiger partial charge in [-0.15, -0.1) is 0 Å². The molecule has 1 atom stereocenters. The number of hydrogen-bond acceptors (Lipinski definition) is 7. The van der Waals surface area contributed by atoms with Crippen LogP contribution in [0.25, 0.3) is 5.69 Å². The predicted molar refractivity (Wildman–Crippen MR) is 120 cm³/mol. The van der Waals surface area contributed by atoms with Gasteiger partial charge in [-0.1, -0.05) is 6.42 Å². The molecule has 3 aromatic rings. The molecule has 5 rings (SSSR count). The monoisotopic (exact) mass is 414 g/mol. The first-order chi connectivity index (χ1) is 15.3. The van der Waals surface area contributed by atoms with E-state index >= 15 is 0 Å². The zero-order valence-electron chi connectivity index (χ0n) is 17.5. The summed E-state index contributed by atoms with van der Waals surface area (Å²) in [5.41, 5.74) is 2.63. The molecular weight excluding hydrogens is 388 g/mol. The quantitative estimate of drug-likeness (QED) is 0.685. The van der Waals surface area contributed by atoms with Crippen molar-refractivity contribution in [1.29, 1.82) is 5.26 Å². The molecule has 0 spiro atoms. The van der Waals surface area contributed by atoms with E-state index in [0.29, 0.717) is 17.7 Å². The van der Waals surface area contributed by atoms with Gasteiger partial charge in [0.2, 0.25) is 0 Å².